The number of hydrogen-bond donors (Lipinski definition) is 0. The minimum Gasteiger partial charge on any atom is -0.494 e. The van der Waals surface area contributed by atoms with Gasteiger partial charge in [0.05, 0.1) is 13.2 Å². The third-order valence-corrected chi connectivity index (χ3v) is 6.46. The van der Waals surface area contributed by atoms with Crippen molar-refractivity contribution in [2.45, 2.75) is 26.7 Å². The summed E-state index contributed by atoms with van der Waals surface area (Å²) < 4.78 is 21.0. The summed E-state index contributed by atoms with van der Waals surface area (Å²) in [5.74, 6) is 0.724. The number of Topliss-reactive ketones (excluding diaryl/α,β-unsaturated/α-hetero) is 1. The second-order valence-corrected chi connectivity index (χ2v) is 8.94. The quantitative estimate of drug-likeness (QED) is 0.338. The fourth-order valence-corrected chi connectivity index (χ4v) is 4.56. The van der Waals surface area contributed by atoms with Crippen molar-refractivity contribution < 1.29 is 18.7 Å². The number of hydrogen-bond acceptors (Lipinski definition) is 4. The molecule has 0 saturated carbocycles. The lowest BCUT2D eigenvalue weighted by Gasteiger charge is -2.34. The highest BCUT2D eigenvalue weighted by Gasteiger charge is 2.24. The molecule has 2 aromatic carbocycles. The van der Waals surface area contributed by atoms with E-state index >= 15 is 0 Å². The average molecular weight is 478 g/mol. The summed E-state index contributed by atoms with van der Waals surface area (Å²) in [7, 11) is 0. The number of halogens is 1. The Kier molecular flexibility index (Phi) is 7.98. The molecular weight excluding hydrogens is 445 g/mol. The lowest BCUT2D eigenvalue weighted by atomic mass is 10.1. The van der Waals surface area contributed by atoms with E-state index in [0.29, 0.717) is 57.7 Å². The molecule has 0 atom stereocenters. The monoisotopic (exact) mass is 477 g/mol. The molecule has 1 aromatic heterocycles. The van der Waals surface area contributed by atoms with Crippen LogP contribution < -0.4 is 4.74 Å². The standard InChI is InChI=1S/C28H32FN3O3/c1-21-19-26(22(2)32(21)24-12-10-23(29)11-13-24)27(33)20-30-14-16-31(17-15-30)28(34)9-6-18-35-25-7-4-3-5-8-25/h3-5,7-8,10-13,19H,6,9,14-18,20H2,1-2H3. The molecule has 0 unspecified atom stereocenters. The first kappa shape index (κ1) is 24.7. The minimum atomic E-state index is -0.286. The molecule has 0 bridgehead atoms. The summed E-state index contributed by atoms with van der Waals surface area (Å²) in [6.07, 6.45) is 1.14. The van der Waals surface area contributed by atoms with Crippen molar-refractivity contribution in [2.24, 2.45) is 0 Å². The molecule has 0 aliphatic carbocycles. The highest BCUT2D eigenvalue weighted by molar-refractivity contribution is 5.99. The third kappa shape index (κ3) is 6.17. The van der Waals surface area contributed by atoms with Crippen molar-refractivity contribution in [1.82, 2.24) is 14.4 Å². The van der Waals surface area contributed by atoms with E-state index in [9.17, 15) is 14.0 Å². The van der Waals surface area contributed by atoms with Crippen LogP contribution in [0.1, 0.15) is 34.6 Å². The maximum absolute atomic E-state index is 13.3. The van der Waals surface area contributed by atoms with Crippen molar-refractivity contribution in [3.05, 3.63) is 83.4 Å². The highest BCUT2D eigenvalue weighted by atomic mass is 19.1. The predicted molar refractivity (Wildman–Crippen MR) is 134 cm³/mol. The average Bonchev–Trinajstić information content (AvgIpc) is 3.17. The van der Waals surface area contributed by atoms with Gasteiger partial charge >= 0.3 is 0 Å². The Labute approximate surface area is 205 Å². The van der Waals surface area contributed by atoms with Gasteiger partial charge in [0.2, 0.25) is 5.91 Å². The first-order valence-electron chi connectivity index (χ1n) is 12.1. The lowest BCUT2D eigenvalue weighted by Crippen LogP contribution is -2.49. The van der Waals surface area contributed by atoms with Crippen LogP contribution in [0.5, 0.6) is 5.75 Å². The number of carbonyl (C=O) groups is 2. The van der Waals surface area contributed by atoms with E-state index in [1.807, 2.05) is 59.7 Å². The maximum Gasteiger partial charge on any atom is 0.222 e. The molecule has 0 radical (unpaired) electrons. The number of ether oxygens (including phenoxy) is 1. The highest BCUT2D eigenvalue weighted by Crippen LogP contribution is 2.22. The Hall–Kier alpha value is -3.45. The smallest absolute Gasteiger partial charge is 0.222 e. The molecule has 6 nitrogen and oxygen atoms in total. The summed E-state index contributed by atoms with van der Waals surface area (Å²) in [5, 5.41) is 0. The van der Waals surface area contributed by atoms with Crippen LogP contribution in [0.15, 0.2) is 60.7 Å². The number of aromatic nitrogens is 1. The Morgan fingerprint density at radius 3 is 2.31 bits per heavy atom. The molecule has 4 rings (SSSR count). The van der Waals surface area contributed by atoms with Crippen LogP contribution in [0.3, 0.4) is 0 Å². The summed E-state index contributed by atoms with van der Waals surface area (Å²) >= 11 is 0. The minimum absolute atomic E-state index is 0.0595. The third-order valence-electron chi connectivity index (χ3n) is 6.46. The van der Waals surface area contributed by atoms with Gasteiger partial charge in [-0.3, -0.25) is 14.5 Å². The molecule has 1 fully saturated rings. The van der Waals surface area contributed by atoms with E-state index in [2.05, 4.69) is 4.90 Å². The molecule has 0 spiro atoms. The van der Waals surface area contributed by atoms with Crippen LogP contribution in [0, 0.1) is 19.7 Å². The summed E-state index contributed by atoms with van der Waals surface area (Å²) in [6.45, 7) is 7.30. The summed E-state index contributed by atoms with van der Waals surface area (Å²) in [6, 6.07) is 17.8. The van der Waals surface area contributed by atoms with Gasteiger partial charge in [0.15, 0.2) is 5.78 Å². The Bertz CT molecular complexity index is 1150. The topological polar surface area (TPSA) is 54.8 Å². The second-order valence-electron chi connectivity index (χ2n) is 8.94. The first-order valence-corrected chi connectivity index (χ1v) is 12.1. The van der Waals surface area contributed by atoms with Gasteiger partial charge < -0.3 is 14.2 Å². The zero-order valence-electron chi connectivity index (χ0n) is 20.4. The number of piperazine rings is 1. The molecule has 35 heavy (non-hydrogen) atoms. The number of carbonyl (C=O) groups excluding carboxylic acids is 2. The number of nitrogens with zero attached hydrogens (tertiary/aromatic N) is 3. The molecule has 1 saturated heterocycles. The van der Waals surface area contributed by atoms with Crippen LogP contribution in [0.4, 0.5) is 4.39 Å². The zero-order valence-corrected chi connectivity index (χ0v) is 20.4. The van der Waals surface area contributed by atoms with Crippen molar-refractivity contribution in [3.63, 3.8) is 0 Å². The normalized spacial score (nSPS) is 14.2. The number of ketones is 1. The number of para-hydroxylation sites is 1. The Morgan fingerprint density at radius 1 is 0.943 bits per heavy atom. The van der Waals surface area contributed by atoms with Crippen molar-refractivity contribution in [2.75, 3.05) is 39.3 Å². The van der Waals surface area contributed by atoms with Crippen LogP contribution in [0.25, 0.3) is 5.69 Å². The SMILES string of the molecule is Cc1cc(C(=O)CN2CCN(C(=O)CCCOc3ccccc3)CC2)c(C)n1-c1ccc(F)cc1. The van der Waals surface area contributed by atoms with Crippen molar-refractivity contribution in [3.8, 4) is 11.4 Å². The predicted octanol–water partition coefficient (Wildman–Crippen LogP) is 4.42. The fourth-order valence-electron chi connectivity index (χ4n) is 4.56. The molecule has 1 amide bonds. The second kappa shape index (κ2) is 11.3. The van der Waals surface area contributed by atoms with Crippen LogP contribution in [-0.2, 0) is 4.79 Å². The molecular formula is C28H32FN3O3. The Balaban J connectivity index is 1.24. The van der Waals surface area contributed by atoms with E-state index in [-0.39, 0.29) is 17.5 Å². The van der Waals surface area contributed by atoms with E-state index in [1.54, 1.807) is 12.1 Å². The van der Waals surface area contributed by atoms with Gasteiger partial charge in [-0.25, -0.2) is 4.39 Å². The molecule has 0 N–H and O–H groups in total. The van der Waals surface area contributed by atoms with Crippen LogP contribution in [-0.4, -0.2) is 65.4 Å². The molecule has 7 heteroatoms. The van der Waals surface area contributed by atoms with Gasteiger partial charge in [0.25, 0.3) is 0 Å². The van der Waals surface area contributed by atoms with E-state index < -0.39 is 0 Å². The van der Waals surface area contributed by atoms with Crippen molar-refractivity contribution >= 4 is 11.7 Å². The number of rotatable bonds is 9. The first-order chi connectivity index (χ1) is 16.9. The molecule has 1 aliphatic rings. The van der Waals surface area contributed by atoms with Gasteiger partial charge in [-0.2, -0.15) is 0 Å². The summed E-state index contributed by atoms with van der Waals surface area (Å²) in [5.41, 5.74) is 3.31. The van der Waals surface area contributed by atoms with E-state index in [4.69, 9.17) is 4.74 Å². The van der Waals surface area contributed by atoms with Crippen LogP contribution in [0.2, 0.25) is 0 Å². The largest absolute Gasteiger partial charge is 0.494 e. The van der Waals surface area contributed by atoms with E-state index in [0.717, 1.165) is 22.8 Å². The number of benzene rings is 2. The Morgan fingerprint density at radius 2 is 1.63 bits per heavy atom. The lowest BCUT2D eigenvalue weighted by molar-refractivity contribution is -0.133. The van der Waals surface area contributed by atoms with E-state index in [1.165, 1.54) is 12.1 Å². The molecule has 184 valence electrons. The van der Waals surface area contributed by atoms with Gasteiger partial charge in [0, 0.05) is 55.2 Å². The van der Waals surface area contributed by atoms with Crippen LogP contribution >= 0.6 is 0 Å². The number of amides is 1. The van der Waals surface area contributed by atoms with Gasteiger partial charge in [-0.05, 0) is 62.7 Å². The van der Waals surface area contributed by atoms with Crippen molar-refractivity contribution in [1.29, 1.82) is 0 Å². The zero-order chi connectivity index (χ0) is 24.8. The summed E-state index contributed by atoms with van der Waals surface area (Å²) in [4.78, 5) is 29.6. The maximum atomic E-state index is 13.3. The molecule has 1 aliphatic heterocycles. The molecule has 2 heterocycles. The molecule has 3 aromatic rings. The van der Waals surface area contributed by atoms with Gasteiger partial charge in [-0.15, -0.1) is 0 Å². The van der Waals surface area contributed by atoms with Gasteiger partial charge in [-0.1, -0.05) is 18.2 Å². The fraction of sp³-hybridized carbons (Fsp3) is 0.357. The van der Waals surface area contributed by atoms with Gasteiger partial charge in [0.1, 0.15) is 11.6 Å². The number of aryl methyl sites for hydroxylation is 1.